The summed E-state index contributed by atoms with van der Waals surface area (Å²) in [7, 11) is 0. The minimum atomic E-state index is -1.09. The van der Waals surface area contributed by atoms with E-state index in [0.29, 0.717) is 5.56 Å². The van der Waals surface area contributed by atoms with E-state index in [-0.39, 0.29) is 48.6 Å². The Morgan fingerprint density at radius 3 is 2.00 bits per heavy atom. The van der Waals surface area contributed by atoms with Crippen LogP contribution >= 0.6 is 58.0 Å². The van der Waals surface area contributed by atoms with Crippen LogP contribution in [0, 0.1) is 0 Å². The molecule has 0 bridgehead atoms. The number of carbonyl (C=O) groups is 1. The third-order valence-corrected chi connectivity index (χ3v) is 5.07. The number of hydrogen-bond donors (Lipinski definition) is 2. The van der Waals surface area contributed by atoms with E-state index in [9.17, 15) is 4.79 Å². The highest BCUT2D eigenvalue weighted by atomic mass is 35.5. The Hall–Kier alpha value is -0.910. The lowest BCUT2D eigenvalue weighted by atomic mass is 10.0. The van der Waals surface area contributed by atoms with E-state index >= 15 is 0 Å². The average molecular weight is 400 g/mol. The predicted molar refractivity (Wildman–Crippen MR) is 90.5 cm³/mol. The van der Waals surface area contributed by atoms with Gasteiger partial charge in [-0.1, -0.05) is 58.0 Å². The van der Waals surface area contributed by atoms with Gasteiger partial charge in [-0.3, -0.25) is 4.79 Å². The summed E-state index contributed by atoms with van der Waals surface area (Å²) < 4.78 is 0. The number of nitrogens with zero attached hydrogens (tertiary/aromatic N) is 1. The average Bonchev–Trinajstić information content (AvgIpc) is 2.45. The lowest BCUT2D eigenvalue weighted by Crippen LogP contribution is -2.06. The molecular formula is C13H7Cl5N2O2. The number of carboxylic acid groups (broad SMARTS) is 1. The first-order chi connectivity index (χ1) is 10.2. The molecule has 1 heterocycles. The quantitative estimate of drug-likeness (QED) is 0.547. The molecule has 0 aliphatic heterocycles. The summed E-state index contributed by atoms with van der Waals surface area (Å²) in [6.45, 7) is 0. The summed E-state index contributed by atoms with van der Waals surface area (Å²) in [6.07, 6.45) is -0.370. The molecule has 0 saturated heterocycles. The van der Waals surface area contributed by atoms with Crippen molar-refractivity contribution in [2.24, 2.45) is 0 Å². The van der Waals surface area contributed by atoms with Gasteiger partial charge in [0.25, 0.3) is 0 Å². The second kappa shape index (κ2) is 6.69. The van der Waals surface area contributed by atoms with Crippen LogP contribution in [0.1, 0.15) is 5.69 Å². The summed E-state index contributed by atoms with van der Waals surface area (Å²) in [6, 6.07) is 3.04. The van der Waals surface area contributed by atoms with E-state index in [1.54, 1.807) is 6.07 Å². The third kappa shape index (κ3) is 3.21. The van der Waals surface area contributed by atoms with Gasteiger partial charge in [-0.2, -0.15) is 0 Å². The monoisotopic (exact) mass is 398 g/mol. The minimum Gasteiger partial charge on any atom is -0.481 e. The molecule has 0 atom stereocenters. The normalized spacial score (nSPS) is 10.8. The SMILES string of the molecule is Nc1ccc(-c2c(Cl)c(Cl)c(Cl)c(Cl)c2Cl)c(CC(=O)O)n1. The number of carboxylic acids is 1. The Morgan fingerprint density at radius 2 is 1.50 bits per heavy atom. The molecular weight excluding hydrogens is 393 g/mol. The van der Waals surface area contributed by atoms with Crippen molar-refractivity contribution in [3.05, 3.63) is 42.9 Å². The first-order valence-corrected chi connectivity index (χ1v) is 7.62. The molecule has 2 rings (SSSR count). The molecule has 0 fully saturated rings. The van der Waals surface area contributed by atoms with Crippen molar-refractivity contribution >= 4 is 69.8 Å². The summed E-state index contributed by atoms with van der Waals surface area (Å²) in [4.78, 5) is 15.0. The Kier molecular flexibility index (Phi) is 5.30. The number of benzene rings is 1. The van der Waals surface area contributed by atoms with Gasteiger partial charge in [0.05, 0.1) is 37.2 Å². The number of aliphatic carboxylic acids is 1. The standard InChI is InChI=1S/C13H7Cl5N2O2/c14-9-8(10(15)12(17)13(18)11(9)16)4-1-2-6(19)20-5(4)3-7(21)22/h1-2H,3H2,(H2,19,20)(H,21,22). The van der Waals surface area contributed by atoms with Gasteiger partial charge < -0.3 is 10.8 Å². The van der Waals surface area contributed by atoms with Crippen LogP contribution < -0.4 is 5.73 Å². The zero-order valence-electron chi connectivity index (χ0n) is 10.6. The van der Waals surface area contributed by atoms with Gasteiger partial charge in [0, 0.05) is 11.1 Å². The fourth-order valence-corrected chi connectivity index (χ4v) is 3.21. The van der Waals surface area contributed by atoms with E-state index in [1.807, 2.05) is 0 Å². The van der Waals surface area contributed by atoms with E-state index in [4.69, 9.17) is 68.8 Å². The number of nitrogen functional groups attached to an aromatic ring is 1. The lowest BCUT2D eigenvalue weighted by molar-refractivity contribution is -0.136. The van der Waals surface area contributed by atoms with E-state index in [2.05, 4.69) is 4.98 Å². The number of hydrogen-bond acceptors (Lipinski definition) is 3. The van der Waals surface area contributed by atoms with Crippen LogP contribution in [0.3, 0.4) is 0 Å². The van der Waals surface area contributed by atoms with Gasteiger partial charge in [-0.15, -0.1) is 0 Å². The first-order valence-electron chi connectivity index (χ1n) is 5.73. The molecule has 22 heavy (non-hydrogen) atoms. The summed E-state index contributed by atoms with van der Waals surface area (Å²) >= 11 is 30.4. The fraction of sp³-hybridized carbons (Fsp3) is 0.0769. The summed E-state index contributed by atoms with van der Waals surface area (Å²) in [5, 5.41) is 9.17. The molecule has 9 heteroatoms. The highest BCUT2D eigenvalue weighted by Gasteiger charge is 2.23. The number of aromatic nitrogens is 1. The molecule has 116 valence electrons. The van der Waals surface area contributed by atoms with Crippen molar-refractivity contribution in [1.29, 1.82) is 0 Å². The molecule has 3 N–H and O–H groups in total. The lowest BCUT2D eigenvalue weighted by Gasteiger charge is -2.15. The maximum absolute atomic E-state index is 11.0. The summed E-state index contributed by atoms with van der Waals surface area (Å²) in [5.41, 5.74) is 6.41. The number of nitrogens with two attached hydrogens (primary N) is 1. The molecule has 0 spiro atoms. The van der Waals surface area contributed by atoms with Gasteiger partial charge in [-0.25, -0.2) is 4.98 Å². The zero-order chi connectivity index (χ0) is 16.6. The van der Waals surface area contributed by atoms with Gasteiger partial charge in [0.1, 0.15) is 5.82 Å². The molecule has 1 aromatic heterocycles. The molecule has 0 amide bonds. The van der Waals surface area contributed by atoms with Gasteiger partial charge in [0.15, 0.2) is 0 Å². The Balaban J connectivity index is 2.80. The van der Waals surface area contributed by atoms with Gasteiger partial charge in [0.2, 0.25) is 0 Å². The maximum Gasteiger partial charge on any atom is 0.309 e. The Labute approximate surface area is 150 Å². The van der Waals surface area contributed by atoms with Crippen molar-refractivity contribution in [3.8, 4) is 11.1 Å². The van der Waals surface area contributed by atoms with Crippen molar-refractivity contribution in [2.75, 3.05) is 5.73 Å². The minimum absolute atomic E-state index is 0.0188. The van der Waals surface area contributed by atoms with Crippen LogP contribution in [-0.2, 0) is 11.2 Å². The molecule has 2 aromatic rings. The highest BCUT2D eigenvalue weighted by Crippen LogP contribution is 2.48. The van der Waals surface area contributed by atoms with Gasteiger partial charge >= 0.3 is 5.97 Å². The van der Waals surface area contributed by atoms with Crippen molar-refractivity contribution in [2.45, 2.75) is 6.42 Å². The molecule has 0 radical (unpaired) electrons. The molecule has 0 saturated carbocycles. The number of halogens is 5. The van der Waals surface area contributed by atoms with Crippen LogP contribution in [0.4, 0.5) is 5.82 Å². The zero-order valence-corrected chi connectivity index (χ0v) is 14.4. The van der Waals surface area contributed by atoms with E-state index in [1.165, 1.54) is 6.07 Å². The molecule has 0 unspecified atom stereocenters. The largest absolute Gasteiger partial charge is 0.481 e. The first kappa shape index (κ1) is 17.4. The van der Waals surface area contributed by atoms with Crippen molar-refractivity contribution in [1.82, 2.24) is 4.98 Å². The van der Waals surface area contributed by atoms with Crippen molar-refractivity contribution < 1.29 is 9.90 Å². The number of pyridine rings is 1. The highest BCUT2D eigenvalue weighted by molar-refractivity contribution is 6.56. The van der Waals surface area contributed by atoms with Crippen LogP contribution in [0.25, 0.3) is 11.1 Å². The van der Waals surface area contributed by atoms with Crippen LogP contribution in [0.15, 0.2) is 12.1 Å². The number of rotatable bonds is 3. The molecule has 0 aliphatic carbocycles. The fourth-order valence-electron chi connectivity index (χ4n) is 1.87. The smallest absolute Gasteiger partial charge is 0.309 e. The van der Waals surface area contributed by atoms with E-state index in [0.717, 1.165) is 0 Å². The van der Waals surface area contributed by atoms with Crippen LogP contribution in [-0.4, -0.2) is 16.1 Å². The van der Waals surface area contributed by atoms with Gasteiger partial charge in [-0.05, 0) is 12.1 Å². The topological polar surface area (TPSA) is 76.2 Å². The number of anilines is 1. The second-order valence-corrected chi connectivity index (χ2v) is 6.14. The third-order valence-electron chi connectivity index (χ3n) is 2.79. The van der Waals surface area contributed by atoms with Crippen LogP contribution in [0.2, 0.25) is 25.1 Å². The Morgan fingerprint density at radius 1 is 1.00 bits per heavy atom. The predicted octanol–water partition coefficient (Wildman–Crippen LogP) is 5.22. The molecule has 4 nitrogen and oxygen atoms in total. The molecule has 1 aromatic carbocycles. The van der Waals surface area contributed by atoms with E-state index < -0.39 is 5.97 Å². The van der Waals surface area contributed by atoms with Crippen molar-refractivity contribution in [3.63, 3.8) is 0 Å². The summed E-state index contributed by atoms with van der Waals surface area (Å²) in [5.74, 6) is -0.920. The molecule has 0 aliphatic rings. The maximum atomic E-state index is 11.0. The van der Waals surface area contributed by atoms with Crippen LogP contribution in [0.5, 0.6) is 0 Å². The second-order valence-electron chi connectivity index (χ2n) is 4.25. The Bertz CT molecular complexity index is 751.